The molecular weight excluding hydrogens is 252 g/mol. The molecule has 114 valence electrons. The minimum Gasteiger partial charge on any atom is -0.353 e. The molecule has 1 rings (SSSR count). The Kier molecular flexibility index (Phi) is 6.16. The summed E-state index contributed by atoms with van der Waals surface area (Å²) in [5.41, 5.74) is 3.76. The molecule has 0 aliphatic heterocycles. The summed E-state index contributed by atoms with van der Waals surface area (Å²) in [5, 5.41) is 0. The normalized spacial score (nSPS) is 12.8. The lowest BCUT2D eigenvalue weighted by Gasteiger charge is -2.33. The molecule has 6 heteroatoms. The van der Waals surface area contributed by atoms with E-state index in [1.807, 2.05) is 0 Å². The van der Waals surface area contributed by atoms with Gasteiger partial charge in [0.1, 0.15) is 18.0 Å². The van der Waals surface area contributed by atoms with Crippen LogP contribution in [0.15, 0.2) is 6.33 Å². The van der Waals surface area contributed by atoms with Crippen molar-refractivity contribution in [3.63, 3.8) is 0 Å². The molecule has 0 saturated heterocycles. The molecule has 6 nitrogen and oxygen atoms in total. The van der Waals surface area contributed by atoms with Crippen molar-refractivity contribution in [3.8, 4) is 0 Å². The average Bonchev–Trinajstić information content (AvgIpc) is 2.37. The fourth-order valence-corrected chi connectivity index (χ4v) is 2.56. The van der Waals surface area contributed by atoms with Crippen LogP contribution in [-0.4, -0.2) is 48.1 Å². The van der Waals surface area contributed by atoms with Crippen LogP contribution in [0, 0.1) is 0 Å². The Bertz CT molecular complexity index is 418. The predicted octanol–water partition coefficient (Wildman–Crippen LogP) is 1.66. The first-order valence-corrected chi connectivity index (χ1v) is 7.15. The van der Waals surface area contributed by atoms with Gasteiger partial charge in [0.2, 0.25) is 0 Å². The molecule has 3 N–H and O–H groups in total. The van der Waals surface area contributed by atoms with Crippen LogP contribution in [0.1, 0.15) is 39.2 Å². The van der Waals surface area contributed by atoms with Crippen molar-refractivity contribution in [1.29, 1.82) is 0 Å². The van der Waals surface area contributed by atoms with E-state index in [-0.39, 0.29) is 0 Å². The van der Waals surface area contributed by atoms with Crippen LogP contribution < -0.4 is 16.2 Å². The van der Waals surface area contributed by atoms with Gasteiger partial charge in [0, 0.05) is 24.7 Å². The minimum atomic E-state index is 0.304. The summed E-state index contributed by atoms with van der Waals surface area (Å²) < 4.78 is 0. The number of nitrogen functional groups attached to an aromatic ring is 1. The van der Waals surface area contributed by atoms with Gasteiger partial charge in [0.25, 0.3) is 0 Å². The third kappa shape index (κ3) is 3.80. The molecule has 1 unspecified atom stereocenters. The van der Waals surface area contributed by atoms with Gasteiger partial charge in [0.05, 0.1) is 0 Å². The third-order valence-electron chi connectivity index (χ3n) is 3.35. The van der Waals surface area contributed by atoms with Crippen LogP contribution in [0.5, 0.6) is 0 Å². The van der Waals surface area contributed by atoms with Crippen LogP contribution in [-0.2, 0) is 0 Å². The van der Waals surface area contributed by atoms with Crippen molar-refractivity contribution in [2.75, 3.05) is 37.5 Å². The van der Waals surface area contributed by atoms with Crippen molar-refractivity contribution in [1.82, 2.24) is 14.9 Å². The summed E-state index contributed by atoms with van der Waals surface area (Å²) in [6, 6.07) is 0.369. The summed E-state index contributed by atoms with van der Waals surface area (Å²) in [6.07, 6.45) is 1.57. The van der Waals surface area contributed by atoms with Crippen molar-refractivity contribution >= 4 is 11.6 Å². The first-order valence-electron chi connectivity index (χ1n) is 7.15. The van der Waals surface area contributed by atoms with Crippen LogP contribution in [0.4, 0.5) is 11.6 Å². The van der Waals surface area contributed by atoms with Crippen LogP contribution in [0.2, 0.25) is 0 Å². The van der Waals surface area contributed by atoms with Crippen molar-refractivity contribution in [3.05, 3.63) is 11.9 Å². The Morgan fingerprint density at radius 3 is 2.35 bits per heavy atom. The molecule has 0 radical (unpaired) electrons. The van der Waals surface area contributed by atoms with E-state index in [0.717, 1.165) is 24.5 Å². The predicted molar refractivity (Wildman–Crippen MR) is 85.0 cm³/mol. The molecule has 0 aliphatic rings. The Labute approximate surface area is 122 Å². The molecule has 0 fully saturated rings. The van der Waals surface area contributed by atoms with Gasteiger partial charge in [-0.25, -0.2) is 15.8 Å². The fraction of sp³-hybridized carbons (Fsp3) is 0.714. The number of hydrogen-bond donors (Lipinski definition) is 2. The summed E-state index contributed by atoms with van der Waals surface area (Å²) in [5.74, 6) is 7.57. The summed E-state index contributed by atoms with van der Waals surface area (Å²) in [4.78, 5) is 13.2. The Hall–Kier alpha value is -1.40. The van der Waals surface area contributed by atoms with Gasteiger partial charge in [-0.15, -0.1) is 0 Å². The molecule has 0 spiro atoms. The minimum absolute atomic E-state index is 0.304. The van der Waals surface area contributed by atoms with Gasteiger partial charge in [0.15, 0.2) is 0 Å². The van der Waals surface area contributed by atoms with Gasteiger partial charge < -0.3 is 15.2 Å². The topological polar surface area (TPSA) is 70.3 Å². The highest BCUT2D eigenvalue weighted by atomic mass is 15.3. The van der Waals surface area contributed by atoms with E-state index < -0.39 is 0 Å². The summed E-state index contributed by atoms with van der Waals surface area (Å²) >= 11 is 0. The first-order chi connectivity index (χ1) is 9.42. The van der Waals surface area contributed by atoms with Crippen LogP contribution in [0.25, 0.3) is 0 Å². The van der Waals surface area contributed by atoms with Gasteiger partial charge in [-0.1, -0.05) is 13.8 Å². The Morgan fingerprint density at radius 2 is 1.90 bits per heavy atom. The number of nitrogens with zero attached hydrogens (tertiary/aromatic N) is 4. The second-order valence-electron chi connectivity index (χ2n) is 5.66. The molecule has 20 heavy (non-hydrogen) atoms. The Morgan fingerprint density at radius 1 is 1.25 bits per heavy atom. The maximum atomic E-state index is 5.59. The lowest BCUT2D eigenvalue weighted by Crippen LogP contribution is -2.41. The molecule has 0 amide bonds. The smallest absolute Gasteiger partial charge is 0.148 e. The lowest BCUT2D eigenvalue weighted by molar-refractivity contribution is 0.372. The maximum Gasteiger partial charge on any atom is 0.148 e. The zero-order valence-corrected chi connectivity index (χ0v) is 13.5. The number of hydrogen-bond acceptors (Lipinski definition) is 6. The molecule has 0 aromatic carbocycles. The number of nitrogens with two attached hydrogens (primary N) is 1. The van der Waals surface area contributed by atoms with Crippen LogP contribution in [0.3, 0.4) is 0 Å². The maximum absolute atomic E-state index is 5.59. The molecule has 0 bridgehead atoms. The van der Waals surface area contributed by atoms with Gasteiger partial charge in [-0.3, -0.25) is 0 Å². The molecule has 1 atom stereocenters. The molecule has 0 aliphatic carbocycles. The number of hydrazine groups is 1. The molecular formula is C14H28N6. The van der Waals surface area contributed by atoms with Gasteiger partial charge >= 0.3 is 0 Å². The number of rotatable bonds is 7. The highest BCUT2D eigenvalue weighted by Gasteiger charge is 2.22. The number of likely N-dealkylation sites (N-methyl/N-ethyl adjacent to an activating group) is 2. The van der Waals surface area contributed by atoms with Crippen molar-refractivity contribution in [2.45, 2.75) is 39.7 Å². The van der Waals surface area contributed by atoms with E-state index in [2.05, 4.69) is 67.0 Å². The molecule has 0 saturated carbocycles. The zero-order valence-electron chi connectivity index (χ0n) is 13.5. The highest BCUT2D eigenvalue weighted by Crippen LogP contribution is 2.31. The summed E-state index contributed by atoms with van der Waals surface area (Å²) in [7, 11) is 4.17. The van der Waals surface area contributed by atoms with E-state index in [0.29, 0.717) is 17.8 Å². The van der Waals surface area contributed by atoms with Gasteiger partial charge in [-0.05, 0) is 33.9 Å². The highest BCUT2D eigenvalue weighted by molar-refractivity contribution is 5.60. The van der Waals surface area contributed by atoms with E-state index in [1.54, 1.807) is 6.33 Å². The van der Waals surface area contributed by atoms with Crippen molar-refractivity contribution in [2.24, 2.45) is 5.84 Å². The standard InChI is InChI=1S/C14H28N6/c1-7-20(11(4)8-19(5)6)14-12(10(2)3)13(18-15)16-9-17-14/h9-11H,7-8,15H2,1-6H3,(H,16,17,18). The third-order valence-corrected chi connectivity index (χ3v) is 3.35. The second kappa shape index (κ2) is 7.40. The van der Waals surface area contributed by atoms with E-state index in [1.165, 1.54) is 0 Å². The second-order valence-corrected chi connectivity index (χ2v) is 5.66. The van der Waals surface area contributed by atoms with Crippen molar-refractivity contribution < 1.29 is 0 Å². The number of nitrogens with one attached hydrogen (secondary N) is 1. The van der Waals surface area contributed by atoms with E-state index >= 15 is 0 Å². The van der Waals surface area contributed by atoms with Gasteiger partial charge in [-0.2, -0.15) is 0 Å². The van der Waals surface area contributed by atoms with E-state index in [4.69, 9.17) is 5.84 Å². The van der Waals surface area contributed by atoms with Crippen LogP contribution >= 0.6 is 0 Å². The molecule has 1 heterocycles. The largest absolute Gasteiger partial charge is 0.353 e. The first kappa shape index (κ1) is 16.7. The average molecular weight is 280 g/mol. The van der Waals surface area contributed by atoms with E-state index in [9.17, 15) is 0 Å². The quantitative estimate of drug-likeness (QED) is 0.585. The lowest BCUT2D eigenvalue weighted by atomic mass is 10.0. The molecule has 1 aromatic rings. The zero-order chi connectivity index (χ0) is 15.3. The molecule has 1 aromatic heterocycles. The summed E-state index contributed by atoms with van der Waals surface area (Å²) in [6.45, 7) is 10.5. The fourth-order valence-electron chi connectivity index (χ4n) is 2.56. The monoisotopic (exact) mass is 280 g/mol. The number of aromatic nitrogens is 2. The SMILES string of the molecule is CCN(c1ncnc(NN)c1C(C)C)C(C)CN(C)C. The number of anilines is 2. The Balaban J connectivity index is 3.21.